The summed E-state index contributed by atoms with van der Waals surface area (Å²) in [5, 5.41) is 14.5. The average Bonchev–Trinajstić information content (AvgIpc) is 2.61. The molecule has 0 amide bonds. The summed E-state index contributed by atoms with van der Waals surface area (Å²) >= 11 is 0. The maximum atomic E-state index is 7.78. The number of para-hydroxylation sites is 1. The maximum Gasteiger partial charge on any atom is 0.0923 e. The predicted molar refractivity (Wildman–Crippen MR) is 110 cm³/mol. The Morgan fingerprint density at radius 1 is 1.33 bits per heavy atom. The van der Waals surface area contributed by atoms with Gasteiger partial charge < -0.3 is 21.8 Å². The topological polar surface area (TPSA) is 99.7 Å². The fraction of sp³-hybridized carbons (Fsp3) is 0.476. The number of allylic oxidation sites excluding steroid dienone is 1. The van der Waals surface area contributed by atoms with Crippen LogP contribution in [0.25, 0.3) is 16.6 Å². The summed E-state index contributed by atoms with van der Waals surface area (Å²) in [6.07, 6.45) is 9.78. The zero-order valence-electron chi connectivity index (χ0n) is 15.6. The molecule has 6 heteroatoms. The smallest absolute Gasteiger partial charge is 0.0923 e. The molecule has 5 N–H and O–H groups in total. The summed E-state index contributed by atoms with van der Waals surface area (Å²) in [6.45, 7) is 2.80. The Labute approximate surface area is 160 Å². The Balaban J connectivity index is 1.46. The van der Waals surface area contributed by atoms with Crippen molar-refractivity contribution in [2.24, 2.45) is 11.7 Å². The first-order valence-electron chi connectivity index (χ1n) is 9.92. The third-order valence-corrected chi connectivity index (χ3v) is 5.80. The minimum Gasteiger partial charge on any atom is -0.388 e. The fourth-order valence-corrected chi connectivity index (χ4v) is 3.95. The predicted octanol–water partition coefficient (Wildman–Crippen LogP) is 2.41. The van der Waals surface area contributed by atoms with Crippen molar-refractivity contribution in [3.8, 4) is 0 Å². The van der Waals surface area contributed by atoms with Crippen LogP contribution >= 0.6 is 0 Å². The first kappa shape index (κ1) is 18.1. The van der Waals surface area contributed by atoms with Gasteiger partial charge in [-0.25, -0.2) is 4.98 Å². The average molecular weight is 364 g/mol. The van der Waals surface area contributed by atoms with Crippen molar-refractivity contribution in [2.75, 3.05) is 19.6 Å². The fourth-order valence-electron chi connectivity index (χ4n) is 3.95. The Morgan fingerprint density at radius 2 is 2.19 bits per heavy atom. The molecule has 1 saturated carbocycles. The third kappa shape index (κ3) is 3.87. The molecule has 1 saturated heterocycles. The number of rotatable bonds is 8. The summed E-state index contributed by atoms with van der Waals surface area (Å²) in [6, 6.07) is 6.70. The van der Waals surface area contributed by atoms with Gasteiger partial charge >= 0.3 is 0 Å². The van der Waals surface area contributed by atoms with Crippen LogP contribution in [0, 0.1) is 11.3 Å². The summed E-state index contributed by atoms with van der Waals surface area (Å²) < 4.78 is 0. The monoisotopic (exact) mass is 364 g/mol. The van der Waals surface area contributed by atoms with E-state index in [2.05, 4.69) is 27.8 Å². The van der Waals surface area contributed by atoms with Gasteiger partial charge in [0.05, 0.1) is 22.9 Å². The lowest BCUT2D eigenvalue weighted by Crippen LogP contribution is -2.40. The molecule has 0 spiro atoms. The molecule has 6 nitrogen and oxygen atoms in total. The number of nitrogens with zero attached hydrogens (tertiary/aromatic N) is 2. The van der Waals surface area contributed by atoms with Crippen molar-refractivity contribution < 1.29 is 0 Å². The Hall–Kier alpha value is -2.31. The van der Waals surface area contributed by atoms with Gasteiger partial charge in [-0.05, 0) is 49.8 Å². The highest BCUT2D eigenvalue weighted by molar-refractivity contribution is 6.07. The van der Waals surface area contributed by atoms with Crippen molar-refractivity contribution in [1.82, 2.24) is 20.6 Å². The molecule has 2 heterocycles. The summed E-state index contributed by atoms with van der Waals surface area (Å²) in [4.78, 5) is 9.45. The van der Waals surface area contributed by atoms with Crippen LogP contribution in [0.3, 0.4) is 0 Å². The molecule has 0 unspecified atom stereocenters. The highest BCUT2D eigenvalue weighted by atomic mass is 15.0. The lowest BCUT2D eigenvalue weighted by atomic mass is 9.77. The van der Waals surface area contributed by atoms with E-state index in [1.54, 1.807) is 6.20 Å². The molecule has 1 aliphatic heterocycles. The van der Waals surface area contributed by atoms with Crippen LogP contribution in [0.4, 0.5) is 0 Å². The SMILES string of the molecule is N=C/C(=C\NC1CC(CCCN)C1)c1cnc2c(C3CNC3)cccc2n1. The summed E-state index contributed by atoms with van der Waals surface area (Å²) in [5.41, 5.74) is 10.2. The van der Waals surface area contributed by atoms with Crippen LogP contribution in [-0.4, -0.2) is 41.9 Å². The molecular weight excluding hydrogens is 336 g/mol. The van der Waals surface area contributed by atoms with Crippen LogP contribution in [0.1, 0.15) is 42.9 Å². The number of fused-ring (bicyclic) bond motifs is 1. The van der Waals surface area contributed by atoms with E-state index in [1.807, 2.05) is 12.3 Å². The Kier molecular flexibility index (Phi) is 5.45. The zero-order valence-corrected chi connectivity index (χ0v) is 15.6. The summed E-state index contributed by atoms with van der Waals surface area (Å²) in [7, 11) is 0. The van der Waals surface area contributed by atoms with E-state index >= 15 is 0 Å². The Bertz CT molecular complexity index is 836. The van der Waals surface area contributed by atoms with E-state index in [9.17, 15) is 0 Å². The van der Waals surface area contributed by atoms with Crippen LogP contribution in [0.5, 0.6) is 0 Å². The number of nitrogens with two attached hydrogens (primary N) is 1. The van der Waals surface area contributed by atoms with Crippen molar-refractivity contribution in [3.05, 3.63) is 41.9 Å². The lowest BCUT2D eigenvalue weighted by Gasteiger charge is -2.35. The molecule has 2 aliphatic rings. The van der Waals surface area contributed by atoms with E-state index in [0.29, 0.717) is 12.0 Å². The van der Waals surface area contributed by atoms with Gasteiger partial charge in [0.1, 0.15) is 0 Å². The van der Waals surface area contributed by atoms with Crippen LogP contribution in [0.2, 0.25) is 0 Å². The largest absolute Gasteiger partial charge is 0.388 e. The van der Waals surface area contributed by atoms with Crippen LogP contribution in [-0.2, 0) is 0 Å². The number of benzene rings is 1. The first-order chi connectivity index (χ1) is 13.3. The van der Waals surface area contributed by atoms with E-state index < -0.39 is 0 Å². The molecule has 0 bridgehead atoms. The molecule has 4 rings (SSSR count). The Morgan fingerprint density at radius 3 is 2.89 bits per heavy atom. The normalized spacial score (nSPS) is 22.9. The molecule has 142 valence electrons. The van der Waals surface area contributed by atoms with E-state index in [1.165, 1.54) is 31.0 Å². The van der Waals surface area contributed by atoms with Gasteiger partial charge in [-0.1, -0.05) is 12.1 Å². The molecule has 1 aromatic carbocycles. The highest BCUT2D eigenvalue weighted by Gasteiger charge is 2.27. The van der Waals surface area contributed by atoms with Gasteiger partial charge in [-0.15, -0.1) is 0 Å². The molecular formula is C21H28N6. The van der Waals surface area contributed by atoms with Gasteiger partial charge in [0.25, 0.3) is 0 Å². The molecule has 2 fully saturated rings. The van der Waals surface area contributed by atoms with E-state index in [4.69, 9.17) is 16.1 Å². The first-order valence-corrected chi connectivity index (χ1v) is 9.92. The van der Waals surface area contributed by atoms with Crippen molar-refractivity contribution in [2.45, 2.75) is 37.6 Å². The third-order valence-electron chi connectivity index (χ3n) is 5.80. The molecule has 1 aromatic heterocycles. The van der Waals surface area contributed by atoms with Crippen molar-refractivity contribution >= 4 is 22.8 Å². The maximum absolute atomic E-state index is 7.78. The second-order valence-electron chi connectivity index (χ2n) is 7.70. The van der Waals surface area contributed by atoms with Gasteiger partial charge in [0, 0.05) is 43.0 Å². The zero-order chi connectivity index (χ0) is 18.6. The molecule has 1 aliphatic carbocycles. The lowest BCUT2D eigenvalue weighted by molar-refractivity contribution is 0.223. The van der Waals surface area contributed by atoms with Gasteiger partial charge in [0.2, 0.25) is 0 Å². The van der Waals surface area contributed by atoms with Gasteiger partial charge in [-0.2, -0.15) is 0 Å². The minimum atomic E-state index is 0.494. The number of aromatic nitrogens is 2. The summed E-state index contributed by atoms with van der Waals surface area (Å²) in [5.74, 6) is 1.32. The molecule has 0 radical (unpaired) electrons. The number of nitrogens with one attached hydrogen (secondary N) is 3. The molecule has 2 aromatic rings. The number of hydrogen-bond donors (Lipinski definition) is 4. The van der Waals surface area contributed by atoms with E-state index in [-0.39, 0.29) is 0 Å². The minimum absolute atomic E-state index is 0.494. The number of hydrogen-bond acceptors (Lipinski definition) is 6. The highest BCUT2D eigenvalue weighted by Crippen LogP contribution is 2.31. The van der Waals surface area contributed by atoms with Crippen LogP contribution < -0.4 is 16.4 Å². The van der Waals surface area contributed by atoms with Gasteiger partial charge in [-0.3, -0.25) is 4.98 Å². The molecule has 27 heavy (non-hydrogen) atoms. The second kappa shape index (κ2) is 8.15. The molecule has 0 atom stereocenters. The van der Waals surface area contributed by atoms with Crippen molar-refractivity contribution in [1.29, 1.82) is 5.41 Å². The second-order valence-corrected chi connectivity index (χ2v) is 7.70. The van der Waals surface area contributed by atoms with Gasteiger partial charge in [0.15, 0.2) is 0 Å². The van der Waals surface area contributed by atoms with E-state index in [0.717, 1.165) is 54.3 Å². The van der Waals surface area contributed by atoms with Crippen LogP contribution in [0.15, 0.2) is 30.6 Å². The quantitative estimate of drug-likeness (QED) is 0.539. The van der Waals surface area contributed by atoms with Crippen molar-refractivity contribution in [3.63, 3.8) is 0 Å². The standard InChI is InChI=1S/C21H28N6/c22-6-2-3-14-7-17(8-14)25-12-15(9-23)20-13-26-21-18(16-10-24-11-16)4-1-5-19(21)27-20/h1,4-5,9,12-14,16-17,23-25H,2-3,6-8,10-11,22H2/b15-12+,23-9?.